The lowest BCUT2D eigenvalue weighted by Crippen LogP contribution is -2.51. The highest BCUT2D eigenvalue weighted by Gasteiger charge is 2.24. The van der Waals surface area contributed by atoms with Gasteiger partial charge in [-0.05, 0) is 19.4 Å². The van der Waals surface area contributed by atoms with Crippen LogP contribution in [0.2, 0.25) is 0 Å². The number of rotatable bonds is 6. The van der Waals surface area contributed by atoms with Crippen molar-refractivity contribution in [3.63, 3.8) is 0 Å². The Morgan fingerprint density at radius 2 is 2.21 bits per heavy atom. The fourth-order valence-corrected chi connectivity index (χ4v) is 1.45. The molecule has 0 bridgehead atoms. The molecule has 4 N–H and O–H groups in total. The molecule has 0 aliphatic heterocycles. The smallest absolute Gasteiger partial charge is 0.328 e. The van der Waals surface area contributed by atoms with Gasteiger partial charge in [0.25, 0.3) is 0 Å². The Labute approximate surface area is 110 Å². The van der Waals surface area contributed by atoms with E-state index in [1.165, 1.54) is 6.92 Å². The quantitative estimate of drug-likeness (QED) is 0.546. The first kappa shape index (κ1) is 15.0. The number of nitrogens with zero attached hydrogens (tertiary/aromatic N) is 2. The van der Waals surface area contributed by atoms with Crippen molar-refractivity contribution in [3.8, 4) is 0 Å². The summed E-state index contributed by atoms with van der Waals surface area (Å²) in [6.07, 6.45) is 2.36. The fourth-order valence-electron chi connectivity index (χ4n) is 1.45. The first-order valence-electron chi connectivity index (χ1n) is 5.84. The van der Waals surface area contributed by atoms with Crippen LogP contribution in [0.4, 0.5) is 4.79 Å². The molecule has 0 radical (unpaired) electrons. The second kappa shape index (κ2) is 6.74. The van der Waals surface area contributed by atoms with E-state index in [1.807, 2.05) is 13.1 Å². The van der Waals surface area contributed by atoms with E-state index in [0.717, 1.165) is 5.56 Å². The van der Waals surface area contributed by atoms with Crippen LogP contribution in [0.1, 0.15) is 12.5 Å². The highest BCUT2D eigenvalue weighted by Crippen LogP contribution is 1.94. The molecule has 106 valence electrons. The van der Waals surface area contributed by atoms with Gasteiger partial charge < -0.3 is 20.8 Å². The third-order valence-electron chi connectivity index (χ3n) is 2.42. The fraction of sp³-hybridized carbons (Fsp3) is 0.545. The van der Waals surface area contributed by atoms with Crippen molar-refractivity contribution in [2.75, 3.05) is 6.54 Å². The van der Waals surface area contributed by atoms with Crippen LogP contribution in [0.3, 0.4) is 0 Å². The van der Waals surface area contributed by atoms with Crippen LogP contribution in [-0.2, 0) is 11.3 Å². The number of carbonyl (C=O) groups excluding carboxylic acids is 1. The van der Waals surface area contributed by atoms with Crippen molar-refractivity contribution in [2.24, 2.45) is 0 Å². The van der Waals surface area contributed by atoms with E-state index in [4.69, 9.17) is 5.11 Å². The number of aliphatic carboxylic acids is 1. The first-order chi connectivity index (χ1) is 8.90. The summed E-state index contributed by atoms with van der Waals surface area (Å²) in [4.78, 5) is 22.2. The van der Waals surface area contributed by atoms with Gasteiger partial charge in [-0.2, -0.15) is 5.10 Å². The van der Waals surface area contributed by atoms with Gasteiger partial charge in [-0.1, -0.05) is 0 Å². The number of aromatic nitrogens is 2. The Balaban J connectivity index is 2.33. The van der Waals surface area contributed by atoms with Crippen molar-refractivity contribution in [1.29, 1.82) is 0 Å². The van der Waals surface area contributed by atoms with Gasteiger partial charge in [0.2, 0.25) is 0 Å². The number of aliphatic hydroxyl groups is 1. The van der Waals surface area contributed by atoms with Gasteiger partial charge in [-0.25, -0.2) is 9.59 Å². The molecule has 0 aliphatic carbocycles. The van der Waals surface area contributed by atoms with Crippen LogP contribution in [0, 0.1) is 6.92 Å². The number of carboxylic acids is 1. The molecule has 1 rings (SSSR count). The highest BCUT2D eigenvalue weighted by atomic mass is 16.4. The molecule has 0 fully saturated rings. The normalized spacial score (nSPS) is 13.6. The maximum absolute atomic E-state index is 11.4. The number of hydrogen-bond acceptors (Lipinski definition) is 4. The van der Waals surface area contributed by atoms with Crippen molar-refractivity contribution in [3.05, 3.63) is 18.0 Å². The number of hydrogen-bond donors (Lipinski definition) is 4. The molecule has 8 nitrogen and oxygen atoms in total. The summed E-state index contributed by atoms with van der Waals surface area (Å²) in [6.45, 7) is 3.99. The van der Waals surface area contributed by atoms with Crippen LogP contribution in [0.15, 0.2) is 12.4 Å². The van der Waals surface area contributed by atoms with Crippen LogP contribution in [0.5, 0.6) is 0 Å². The third kappa shape index (κ3) is 4.96. The molecule has 1 aromatic rings. The number of aliphatic hydroxyl groups excluding tert-OH is 1. The maximum atomic E-state index is 11.4. The Morgan fingerprint density at radius 3 is 2.68 bits per heavy atom. The average molecular weight is 270 g/mol. The van der Waals surface area contributed by atoms with E-state index in [1.54, 1.807) is 10.9 Å². The summed E-state index contributed by atoms with van der Waals surface area (Å²) in [7, 11) is 0. The van der Waals surface area contributed by atoms with Crippen LogP contribution in [-0.4, -0.2) is 50.7 Å². The molecule has 0 aliphatic rings. The zero-order chi connectivity index (χ0) is 14.4. The van der Waals surface area contributed by atoms with Gasteiger partial charge >= 0.3 is 12.0 Å². The van der Waals surface area contributed by atoms with Crippen molar-refractivity contribution < 1.29 is 19.8 Å². The Kier molecular flexibility index (Phi) is 5.31. The minimum Gasteiger partial charge on any atom is -0.480 e. The van der Waals surface area contributed by atoms with E-state index in [0.29, 0.717) is 13.1 Å². The first-order valence-corrected chi connectivity index (χ1v) is 5.84. The number of carbonyl (C=O) groups is 2. The van der Waals surface area contributed by atoms with Gasteiger partial charge in [0.15, 0.2) is 6.04 Å². The molecule has 2 atom stereocenters. The molecule has 2 amide bonds. The lowest BCUT2D eigenvalue weighted by Gasteiger charge is -2.17. The Bertz CT molecular complexity index is 444. The standard InChI is InChI=1S/C11H18N4O4/c1-7-5-13-15(6-7)4-3-12-11(19)14-9(8(2)16)10(17)18/h5-6,8-9,16H,3-4H2,1-2H3,(H,17,18)(H2,12,14,19). The number of carboxylic acid groups (broad SMARTS) is 1. The van der Waals surface area contributed by atoms with Crippen molar-refractivity contribution in [1.82, 2.24) is 20.4 Å². The van der Waals surface area contributed by atoms with Gasteiger partial charge in [-0.3, -0.25) is 4.68 Å². The van der Waals surface area contributed by atoms with Crippen LogP contribution >= 0.6 is 0 Å². The van der Waals surface area contributed by atoms with E-state index in [2.05, 4.69) is 15.7 Å². The lowest BCUT2D eigenvalue weighted by molar-refractivity contribution is -0.141. The zero-order valence-corrected chi connectivity index (χ0v) is 10.8. The topological polar surface area (TPSA) is 116 Å². The second-order valence-electron chi connectivity index (χ2n) is 4.24. The predicted molar refractivity (Wildman–Crippen MR) is 66.6 cm³/mol. The highest BCUT2D eigenvalue weighted by molar-refractivity contribution is 5.82. The molecule has 8 heteroatoms. The van der Waals surface area contributed by atoms with E-state index >= 15 is 0 Å². The predicted octanol–water partition coefficient (Wildman–Crippen LogP) is -0.675. The molecule has 0 spiro atoms. The molecule has 2 unspecified atom stereocenters. The largest absolute Gasteiger partial charge is 0.480 e. The molecular weight excluding hydrogens is 252 g/mol. The average Bonchev–Trinajstić information content (AvgIpc) is 2.71. The molecule has 1 heterocycles. The van der Waals surface area contributed by atoms with Gasteiger partial charge in [0, 0.05) is 12.7 Å². The molecule has 1 aromatic heterocycles. The van der Waals surface area contributed by atoms with E-state index in [-0.39, 0.29) is 0 Å². The SMILES string of the molecule is Cc1cnn(CCNC(=O)NC(C(=O)O)C(C)O)c1. The number of aryl methyl sites for hydroxylation is 1. The molecular formula is C11H18N4O4. The molecule has 19 heavy (non-hydrogen) atoms. The monoisotopic (exact) mass is 270 g/mol. The summed E-state index contributed by atoms with van der Waals surface area (Å²) >= 11 is 0. The second-order valence-corrected chi connectivity index (χ2v) is 4.24. The summed E-state index contributed by atoms with van der Waals surface area (Å²) in [6, 6.07) is -1.97. The number of nitrogens with one attached hydrogen (secondary N) is 2. The van der Waals surface area contributed by atoms with Gasteiger partial charge in [-0.15, -0.1) is 0 Å². The summed E-state index contributed by atoms with van der Waals surface area (Å²) in [5, 5.41) is 26.7. The summed E-state index contributed by atoms with van der Waals surface area (Å²) < 4.78 is 1.67. The van der Waals surface area contributed by atoms with Gasteiger partial charge in [0.1, 0.15) is 0 Å². The van der Waals surface area contributed by atoms with E-state index < -0.39 is 24.1 Å². The van der Waals surface area contributed by atoms with Crippen molar-refractivity contribution in [2.45, 2.75) is 32.5 Å². The molecule has 0 aromatic carbocycles. The Morgan fingerprint density at radius 1 is 1.53 bits per heavy atom. The number of amides is 2. The summed E-state index contributed by atoms with van der Waals surface area (Å²) in [5.74, 6) is -1.28. The minimum absolute atomic E-state index is 0.305. The van der Waals surface area contributed by atoms with Crippen LogP contribution in [0.25, 0.3) is 0 Å². The lowest BCUT2D eigenvalue weighted by atomic mass is 10.2. The van der Waals surface area contributed by atoms with Crippen molar-refractivity contribution >= 4 is 12.0 Å². The van der Waals surface area contributed by atoms with Crippen LogP contribution < -0.4 is 10.6 Å². The molecule has 0 saturated carbocycles. The third-order valence-corrected chi connectivity index (χ3v) is 2.42. The zero-order valence-electron chi connectivity index (χ0n) is 10.8. The Hall–Kier alpha value is -2.09. The maximum Gasteiger partial charge on any atom is 0.328 e. The minimum atomic E-state index is -1.33. The van der Waals surface area contributed by atoms with Gasteiger partial charge in [0.05, 0.1) is 18.8 Å². The molecule has 0 saturated heterocycles. The number of urea groups is 1. The van der Waals surface area contributed by atoms with E-state index in [9.17, 15) is 14.7 Å². The summed E-state index contributed by atoms with van der Waals surface area (Å²) in [5.41, 5.74) is 1.02.